The lowest BCUT2D eigenvalue weighted by Crippen LogP contribution is -2.70. The minimum absolute atomic E-state index is 0.00537. The maximum absolute atomic E-state index is 14.2. The summed E-state index contributed by atoms with van der Waals surface area (Å²) in [4.78, 5) is 24.4. The van der Waals surface area contributed by atoms with E-state index < -0.39 is 30.1 Å². The molecule has 0 spiro atoms. The molecule has 1 unspecified atom stereocenters. The van der Waals surface area contributed by atoms with Crippen LogP contribution in [-0.4, -0.2) is 147 Å². The summed E-state index contributed by atoms with van der Waals surface area (Å²) in [6, 6.07) is 5.19. The van der Waals surface area contributed by atoms with Crippen molar-refractivity contribution in [3.05, 3.63) is 48.1 Å². The minimum atomic E-state index is -1.46. The van der Waals surface area contributed by atoms with E-state index in [2.05, 4.69) is 23.6 Å². The van der Waals surface area contributed by atoms with Crippen LogP contribution in [0.5, 0.6) is 11.5 Å². The Morgan fingerprint density at radius 3 is 2.60 bits per heavy atom. The number of rotatable bonds is 25. The van der Waals surface area contributed by atoms with Gasteiger partial charge in [-0.25, -0.2) is 4.79 Å². The van der Waals surface area contributed by atoms with Gasteiger partial charge in [0.15, 0.2) is 0 Å². The van der Waals surface area contributed by atoms with Crippen molar-refractivity contribution in [2.45, 2.75) is 88.2 Å². The summed E-state index contributed by atoms with van der Waals surface area (Å²) in [5.74, 6) is -0.506. The van der Waals surface area contributed by atoms with Crippen molar-refractivity contribution in [3.63, 3.8) is 0 Å². The highest BCUT2D eigenvalue weighted by Crippen LogP contribution is 2.62. The fourth-order valence-electron chi connectivity index (χ4n) is 9.15. The monoisotopic (exact) mass is 833 g/mol. The third kappa shape index (κ3) is 11.0. The van der Waals surface area contributed by atoms with E-state index in [0.29, 0.717) is 43.9 Å². The Kier molecular flexibility index (Phi) is 17.4. The van der Waals surface area contributed by atoms with E-state index in [1.165, 1.54) is 0 Å². The highest BCUT2D eigenvalue weighted by atomic mass is 35.5. The van der Waals surface area contributed by atoms with Crippen molar-refractivity contribution in [2.75, 3.05) is 91.5 Å². The standard InChI is InChI=1S/C43H64ClN3O11/c1-2-22-56-43-38(47(18-25-52-27-21-50)42(51)55-24-14-44)30-36(45-58-39-11-5-8-23-54-39)34-28-31(9-3-6-19-48)33(10-4-7-20-49)40(41(34)43)35-29-32(12-13-37(35)57-43)53-26-17-46-15-16-46/h2,12-13,28-29,31,33,38-41,48-50H,1,3-11,14-27,30H2/t31-,33+,38-,39?,40+,41+,43+/m0/s1. The van der Waals surface area contributed by atoms with Crippen LogP contribution in [0.15, 0.2) is 47.7 Å². The number of unbranched alkanes of at least 4 members (excludes halogenated alkanes) is 2. The van der Waals surface area contributed by atoms with Gasteiger partial charge in [0.25, 0.3) is 0 Å². The van der Waals surface area contributed by atoms with Gasteiger partial charge in [0.2, 0.25) is 12.1 Å². The molecule has 3 fully saturated rings. The number of hydrogen-bond donors (Lipinski definition) is 3. The number of oxime groups is 1. The molecule has 7 atom stereocenters. The second kappa shape index (κ2) is 22.6. The Balaban J connectivity index is 1.53. The van der Waals surface area contributed by atoms with E-state index in [1.54, 1.807) is 11.0 Å². The van der Waals surface area contributed by atoms with Crippen molar-refractivity contribution >= 4 is 23.4 Å². The van der Waals surface area contributed by atoms with Crippen LogP contribution in [0.25, 0.3) is 0 Å². The molecule has 0 aromatic heterocycles. The average Bonchev–Trinajstić information content (AvgIpc) is 4.08. The Labute approximate surface area is 348 Å². The SMILES string of the molecule is C=CCO[C@@]12Oc3ccc(OCCN4CC4)cc3[C@H]3[C@H](CCCCO)[C@@H](CCCCO)C=C(C(=NOC4CCCCO4)C[C@@H]1N(CCOCCO)C(=O)OCCCl)[C@H]32. The lowest BCUT2D eigenvalue weighted by atomic mass is 9.55. The maximum Gasteiger partial charge on any atom is 0.410 e. The summed E-state index contributed by atoms with van der Waals surface area (Å²) < 4.78 is 38.0. The van der Waals surface area contributed by atoms with E-state index in [-0.39, 0.29) is 82.8 Å². The molecule has 1 aromatic carbocycles. The number of hydrogen-bond acceptors (Lipinski definition) is 13. The molecule has 0 bridgehead atoms. The fraction of sp³-hybridized carbons (Fsp3) is 0.721. The van der Waals surface area contributed by atoms with Crippen LogP contribution < -0.4 is 9.47 Å². The quantitative estimate of drug-likeness (QED) is 0.0388. The number of alkyl halides is 1. The predicted molar refractivity (Wildman–Crippen MR) is 218 cm³/mol. The Hall–Kier alpha value is -2.95. The van der Waals surface area contributed by atoms with Crippen LogP contribution in [0.3, 0.4) is 0 Å². The van der Waals surface area contributed by atoms with E-state index in [4.69, 9.17) is 50.0 Å². The number of benzene rings is 1. The first kappa shape index (κ1) is 44.6. The molecule has 58 heavy (non-hydrogen) atoms. The number of amides is 1. The average molecular weight is 834 g/mol. The Bertz CT molecular complexity index is 1520. The second-order valence-corrected chi connectivity index (χ2v) is 16.1. The largest absolute Gasteiger partial charge is 0.492 e. The highest BCUT2D eigenvalue weighted by Gasteiger charge is 2.65. The summed E-state index contributed by atoms with van der Waals surface area (Å²) in [5.41, 5.74) is 2.58. The molecule has 2 saturated heterocycles. The lowest BCUT2D eigenvalue weighted by Gasteiger charge is -2.59. The van der Waals surface area contributed by atoms with Crippen molar-refractivity contribution < 1.29 is 53.4 Å². The number of fused-ring (bicyclic) bond motifs is 2. The van der Waals surface area contributed by atoms with Crippen molar-refractivity contribution in [2.24, 2.45) is 22.9 Å². The number of halogens is 1. The fourth-order valence-corrected chi connectivity index (χ4v) is 9.23. The molecule has 0 radical (unpaired) electrons. The molecular formula is C43H64ClN3O11. The molecule has 3 aliphatic heterocycles. The minimum Gasteiger partial charge on any atom is -0.492 e. The summed E-state index contributed by atoms with van der Waals surface area (Å²) in [7, 11) is 0. The van der Waals surface area contributed by atoms with Crippen molar-refractivity contribution in [1.82, 2.24) is 9.80 Å². The van der Waals surface area contributed by atoms with Crippen molar-refractivity contribution in [3.8, 4) is 11.5 Å². The lowest BCUT2D eigenvalue weighted by molar-refractivity contribution is -0.256. The molecule has 6 rings (SSSR count). The predicted octanol–water partition coefficient (Wildman–Crippen LogP) is 5.23. The number of aliphatic hydroxyl groups excluding tert-OH is 3. The van der Waals surface area contributed by atoms with E-state index in [9.17, 15) is 20.1 Å². The van der Waals surface area contributed by atoms with E-state index in [1.807, 2.05) is 12.1 Å². The molecule has 1 aromatic rings. The Morgan fingerprint density at radius 2 is 1.88 bits per heavy atom. The summed E-state index contributed by atoms with van der Waals surface area (Å²) in [6.07, 6.45) is 10.3. The van der Waals surface area contributed by atoms with Gasteiger partial charge in [0, 0.05) is 63.7 Å². The first-order chi connectivity index (χ1) is 28.5. The van der Waals surface area contributed by atoms with Crippen LogP contribution in [0, 0.1) is 17.8 Å². The smallest absolute Gasteiger partial charge is 0.410 e. The second-order valence-electron chi connectivity index (χ2n) is 15.7. The van der Waals surface area contributed by atoms with Gasteiger partial charge < -0.3 is 48.6 Å². The summed E-state index contributed by atoms with van der Waals surface area (Å²) >= 11 is 6.03. The van der Waals surface area contributed by atoms with Gasteiger partial charge in [-0.05, 0) is 74.1 Å². The molecule has 14 nitrogen and oxygen atoms in total. The van der Waals surface area contributed by atoms with Gasteiger partial charge in [0.05, 0.1) is 50.5 Å². The van der Waals surface area contributed by atoms with Gasteiger partial charge in [0.1, 0.15) is 30.8 Å². The Morgan fingerprint density at radius 1 is 1.05 bits per heavy atom. The van der Waals surface area contributed by atoms with Gasteiger partial charge in [-0.3, -0.25) is 9.80 Å². The summed E-state index contributed by atoms with van der Waals surface area (Å²) in [6.45, 7) is 8.67. The summed E-state index contributed by atoms with van der Waals surface area (Å²) in [5, 5.41) is 34.2. The molecule has 2 aliphatic carbocycles. The molecular weight excluding hydrogens is 770 g/mol. The molecule has 15 heteroatoms. The van der Waals surface area contributed by atoms with Crippen LogP contribution in [0.2, 0.25) is 0 Å². The van der Waals surface area contributed by atoms with E-state index in [0.717, 1.165) is 75.0 Å². The first-order valence-corrected chi connectivity index (χ1v) is 21.9. The molecule has 1 amide bonds. The van der Waals surface area contributed by atoms with Crippen LogP contribution in [0.1, 0.15) is 75.7 Å². The van der Waals surface area contributed by atoms with Gasteiger partial charge in [-0.1, -0.05) is 30.1 Å². The van der Waals surface area contributed by atoms with Crippen molar-refractivity contribution in [1.29, 1.82) is 0 Å². The third-order valence-electron chi connectivity index (χ3n) is 11.9. The number of allylic oxidation sites excluding steroid dienone is 1. The molecule has 3 N–H and O–H groups in total. The molecule has 324 valence electrons. The van der Waals surface area contributed by atoms with Gasteiger partial charge >= 0.3 is 6.09 Å². The third-order valence-corrected chi connectivity index (χ3v) is 12.1. The van der Waals surface area contributed by atoms with Gasteiger partial charge in [-0.2, -0.15) is 0 Å². The maximum atomic E-state index is 14.2. The zero-order valence-electron chi connectivity index (χ0n) is 33.9. The molecule has 3 heterocycles. The van der Waals surface area contributed by atoms with Gasteiger partial charge in [-0.15, -0.1) is 18.2 Å². The van der Waals surface area contributed by atoms with Crippen LogP contribution >= 0.6 is 11.6 Å². The topological polar surface area (TPSA) is 161 Å². The number of carbonyl (C=O) groups is 1. The van der Waals surface area contributed by atoms with E-state index >= 15 is 0 Å². The van der Waals surface area contributed by atoms with Crippen LogP contribution in [-0.2, 0) is 23.8 Å². The number of aliphatic hydroxyl groups is 3. The van der Waals surface area contributed by atoms with Crippen LogP contribution in [0.4, 0.5) is 4.79 Å². The zero-order valence-corrected chi connectivity index (χ0v) is 34.6. The first-order valence-electron chi connectivity index (χ1n) is 21.4. The normalized spacial score (nSPS) is 28.1. The molecule has 1 saturated carbocycles. The number of ether oxygens (including phenoxy) is 6. The number of carbonyl (C=O) groups excluding carboxylic acids is 1. The highest BCUT2D eigenvalue weighted by molar-refractivity contribution is 6.18. The molecule has 5 aliphatic rings. The zero-order chi connectivity index (χ0) is 40.7. The number of nitrogens with zero attached hydrogens (tertiary/aromatic N) is 3.